The largest absolute Gasteiger partial charge is 0.462 e. The first kappa shape index (κ1) is 16.7. The van der Waals surface area contributed by atoms with Gasteiger partial charge in [-0.2, -0.15) is 0 Å². The van der Waals surface area contributed by atoms with Crippen molar-refractivity contribution in [1.29, 1.82) is 0 Å². The lowest BCUT2D eigenvalue weighted by Crippen LogP contribution is -2.02. The Morgan fingerprint density at radius 2 is 1.79 bits per heavy atom. The number of aromatic nitrogens is 1. The number of hydrogen-bond donors (Lipinski definition) is 0. The van der Waals surface area contributed by atoms with E-state index in [9.17, 15) is 13.2 Å². The first-order chi connectivity index (χ1) is 11.4. The minimum atomic E-state index is -3.28. The number of rotatable bonds is 3. The highest BCUT2D eigenvalue weighted by molar-refractivity contribution is 7.90. The monoisotopic (exact) mass is 363 g/mol. The van der Waals surface area contributed by atoms with Gasteiger partial charge in [-0.1, -0.05) is 23.7 Å². The Morgan fingerprint density at radius 3 is 2.29 bits per heavy atom. The molecule has 1 aromatic heterocycles. The number of pyridine rings is 1. The van der Waals surface area contributed by atoms with Gasteiger partial charge < -0.3 is 4.74 Å². The number of esters is 1. The number of halogens is 1. The van der Waals surface area contributed by atoms with Gasteiger partial charge in [0.25, 0.3) is 0 Å². The number of carbonyl (C=O) groups excluding carboxylic acids is 1. The summed E-state index contributed by atoms with van der Waals surface area (Å²) in [5.74, 6) is -0.368. The second-order valence-electron chi connectivity index (χ2n) is 5.41. The molecule has 1 aliphatic heterocycles. The molecule has 7 heteroatoms. The first-order valence-corrected chi connectivity index (χ1v) is 9.46. The highest BCUT2D eigenvalue weighted by atomic mass is 35.5. The SMILES string of the molecule is CS(=O)(=O)c1ccc(C(=C2CCOC2=O)c2ccc(Cl)nc2)cc1. The fraction of sp³-hybridized carbons (Fsp3) is 0.176. The molecule has 0 aliphatic carbocycles. The van der Waals surface area contributed by atoms with Gasteiger partial charge in [0.2, 0.25) is 0 Å². The summed E-state index contributed by atoms with van der Waals surface area (Å²) in [4.78, 5) is 16.3. The van der Waals surface area contributed by atoms with Crippen LogP contribution in [0.25, 0.3) is 5.57 Å². The van der Waals surface area contributed by atoms with Crippen LogP contribution in [0.1, 0.15) is 17.5 Å². The second-order valence-corrected chi connectivity index (χ2v) is 7.81. The Kier molecular flexibility index (Phi) is 4.43. The van der Waals surface area contributed by atoms with E-state index in [1.807, 2.05) is 0 Å². The van der Waals surface area contributed by atoms with Crippen LogP contribution in [-0.4, -0.2) is 32.2 Å². The normalized spacial score (nSPS) is 16.8. The number of hydrogen-bond acceptors (Lipinski definition) is 5. The third-order valence-corrected chi connectivity index (χ3v) is 5.07. The van der Waals surface area contributed by atoms with Crippen molar-refractivity contribution in [2.45, 2.75) is 11.3 Å². The van der Waals surface area contributed by atoms with E-state index in [1.165, 1.54) is 12.1 Å². The molecule has 1 fully saturated rings. The van der Waals surface area contributed by atoms with Crippen LogP contribution < -0.4 is 0 Å². The summed E-state index contributed by atoms with van der Waals surface area (Å²) in [6.07, 6.45) is 3.23. The van der Waals surface area contributed by atoms with E-state index < -0.39 is 9.84 Å². The van der Waals surface area contributed by atoms with Crippen molar-refractivity contribution in [2.24, 2.45) is 0 Å². The van der Waals surface area contributed by atoms with E-state index in [4.69, 9.17) is 16.3 Å². The quantitative estimate of drug-likeness (QED) is 0.476. The molecule has 1 aliphatic rings. The summed E-state index contributed by atoms with van der Waals surface area (Å²) in [5, 5.41) is 0.351. The number of sulfone groups is 1. The van der Waals surface area contributed by atoms with Crippen molar-refractivity contribution >= 4 is 33.0 Å². The van der Waals surface area contributed by atoms with Gasteiger partial charge in [-0.3, -0.25) is 0 Å². The molecule has 124 valence electrons. The van der Waals surface area contributed by atoms with Gasteiger partial charge in [-0.05, 0) is 29.8 Å². The third kappa shape index (κ3) is 3.34. The molecule has 3 rings (SSSR count). The maximum atomic E-state index is 12.0. The van der Waals surface area contributed by atoms with Gasteiger partial charge in [-0.15, -0.1) is 0 Å². The highest BCUT2D eigenvalue weighted by Gasteiger charge is 2.25. The molecule has 5 nitrogen and oxygen atoms in total. The Hall–Kier alpha value is -2.18. The maximum Gasteiger partial charge on any atom is 0.334 e. The van der Waals surface area contributed by atoms with E-state index in [1.54, 1.807) is 30.5 Å². The Morgan fingerprint density at radius 1 is 1.12 bits per heavy atom. The molecule has 0 atom stereocenters. The lowest BCUT2D eigenvalue weighted by Gasteiger charge is -2.11. The lowest BCUT2D eigenvalue weighted by atomic mass is 9.93. The molecule has 0 saturated carbocycles. The molecule has 0 unspecified atom stereocenters. The molecular formula is C17H14ClNO4S. The van der Waals surface area contributed by atoms with Crippen LogP contribution >= 0.6 is 11.6 Å². The molecule has 0 N–H and O–H groups in total. The van der Waals surface area contributed by atoms with Crippen LogP contribution in [0.2, 0.25) is 5.15 Å². The molecular weight excluding hydrogens is 350 g/mol. The van der Waals surface area contributed by atoms with Gasteiger partial charge in [0, 0.05) is 35.6 Å². The summed E-state index contributed by atoms with van der Waals surface area (Å²) >= 11 is 5.84. The fourth-order valence-corrected chi connectivity index (χ4v) is 3.31. The molecule has 0 radical (unpaired) electrons. The van der Waals surface area contributed by atoms with Crippen molar-refractivity contribution in [1.82, 2.24) is 4.98 Å². The lowest BCUT2D eigenvalue weighted by molar-refractivity contribution is -0.135. The highest BCUT2D eigenvalue weighted by Crippen LogP contribution is 2.32. The van der Waals surface area contributed by atoms with Crippen molar-refractivity contribution in [3.05, 3.63) is 64.4 Å². The van der Waals surface area contributed by atoms with Crippen LogP contribution in [0.5, 0.6) is 0 Å². The van der Waals surface area contributed by atoms with Crippen molar-refractivity contribution in [3.63, 3.8) is 0 Å². The van der Waals surface area contributed by atoms with Crippen molar-refractivity contribution in [3.8, 4) is 0 Å². The zero-order valence-corrected chi connectivity index (χ0v) is 14.4. The van der Waals surface area contributed by atoms with Crippen molar-refractivity contribution < 1.29 is 17.9 Å². The number of cyclic esters (lactones) is 1. The van der Waals surface area contributed by atoms with Crippen molar-refractivity contribution in [2.75, 3.05) is 12.9 Å². The molecule has 2 aromatic rings. The Balaban J connectivity index is 2.16. The minimum absolute atomic E-state index is 0.221. The fourth-order valence-electron chi connectivity index (χ4n) is 2.57. The first-order valence-electron chi connectivity index (χ1n) is 7.19. The van der Waals surface area contributed by atoms with Gasteiger partial charge in [0.15, 0.2) is 9.84 Å². The zero-order valence-electron chi connectivity index (χ0n) is 12.8. The molecule has 1 saturated heterocycles. The average molecular weight is 364 g/mol. The molecule has 0 amide bonds. The predicted octanol–water partition coefficient (Wildman–Crippen LogP) is 2.89. The number of carbonyl (C=O) groups is 1. The van der Waals surface area contributed by atoms with E-state index in [0.717, 1.165) is 17.4 Å². The molecule has 0 spiro atoms. The summed E-state index contributed by atoms with van der Waals surface area (Å²) in [6.45, 7) is 0.333. The molecule has 1 aromatic carbocycles. The summed E-state index contributed by atoms with van der Waals surface area (Å²) in [5.41, 5.74) is 2.67. The Bertz CT molecular complexity index is 916. The molecule has 24 heavy (non-hydrogen) atoms. The summed E-state index contributed by atoms with van der Waals surface area (Å²) in [6, 6.07) is 9.82. The van der Waals surface area contributed by atoms with E-state index in [2.05, 4.69) is 4.98 Å². The minimum Gasteiger partial charge on any atom is -0.462 e. The smallest absolute Gasteiger partial charge is 0.334 e. The maximum absolute atomic E-state index is 12.0. The van der Waals surface area contributed by atoms with Crippen LogP contribution in [0.15, 0.2) is 53.1 Å². The topological polar surface area (TPSA) is 73.3 Å². The van der Waals surface area contributed by atoms with Crippen LogP contribution in [0.3, 0.4) is 0 Å². The van der Waals surface area contributed by atoms with Gasteiger partial charge >= 0.3 is 5.97 Å². The predicted molar refractivity (Wildman–Crippen MR) is 90.4 cm³/mol. The second kappa shape index (κ2) is 6.37. The van der Waals surface area contributed by atoms with Crippen LogP contribution in [0.4, 0.5) is 0 Å². The van der Waals surface area contributed by atoms with Gasteiger partial charge in [0.1, 0.15) is 5.15 Å². The van der Waals surface area contributed by atoms with E-state index in [0.29, 0.717) is 29.3 Å². The zero-order chi connectivity index (χ0) is 17.3. The molecule has 2 heterocycles. The van der Waals surface area contributed by atoms with Crippen LogP contribution in [-0.2, 0) is 19.4 Å². The third-order valence-electron chi connectivity index (χ3n) is 3.72. The number of nitrogens with zero attached hydrogens (tertiary/aromatic N) is 1. The van der Waals surface area contributed by atoms with E-state index >= 15 is 0 Å². The van der Waals surface area contributed by atoms with Gasteiger partial charge in [-0.25, -0.2) is 18.2 Å². The number of ether oxygens (including phenoxy) is 1. The summed E-state index contributed by atoms with van der Waals surface area (Å²) < 4.78 is 28.3. The Labute approximate surface area is 144 Å². The standard InChI is InChI=1S/C17H14ClNO4S/c1-24(21,22)13-5-2-11(3-6-13)16(14-8-9-23-17(14)20)12-4-7-15(18)19-10-12/h2-7,10H,8-9H2,1H3. The van der Waals surface area contributed by atoms with Crippen LogP contribution in [0, 0.1) is 0 Å². The summed E-state index contributed by atoms with van der Waals surface area (Å²) in [7, 11) is -3.28. The van der Waals surface area contributed by atoms with E-state index in [-0.39, 0.29) is 10.9 Å². The average Bonchev–Trinajstić information content (AvgIpc) is 2.95. The van der Waals surface area contributed by atoms with Gasteiger partial charge in [0.05, 0.1) is 11.5 Å². The molecule has 0 bridgehead atoms. The number of benzene rings is 1.